The molecule has 0 radical (unpaired) electrons. The number of fused-ring (bicyclic) bond motifs is 1. The molecular weight excluding hydrogens is 150 g/mol. The predicted octanol–water partition coefficient (Wildman–Crippen LogP) is 1.42. The summed E-state index contributed by atoms with van der Waals surface area (Å²) in [4.78, 5) is 0. The van der Waals surface area contributed by atoms with Crippen LogP contribution in [0.25, 0.3) is 10.8 Å². The van der Waals surface area contributed by atoms with Gasteiger partial charge in [0, 0.05) is 17.5 Å². The highest BCUT2D eigenvalue weighted by Crippen LogP contribution is 2.26. The van der Waals surface area contributed by atoms with Crippen LogP contribution in [0.5, 0.6) is 5.75 Å². The van der Waals surface area contributed by atoms with Gasteiger partial charge in [-0.3, -0.25) is 0 Å². The highest BCUT2D eigenvalue weighted by Gasteiger charge is 2.00. The first-order valence-corrected chi connectivity index (χ1v) is 3.81. The summed E-state index contributed by atoms with van der Waals surface area (Å²) in [6, 6.07) is 11.3. The number of benzene rings is 2. The Bertz CT molecular complexity index is 423. The topological polar surface area (TPSA) is 47.9 Å². The number of quaternary nitrogens is 1. The third kappa shape index (κ3) is 1.02. The van der Waals surface area contributed by atoms with E-state index in [2.05, 4.69) is 5.73 Å². The molecule has 0 heterocycles. The Hall–Kier alpha value is -1.54. The van der Waals surface area contributed by atoms with Gasteiger partial charge < -0.3 is 10.8 Å². The summed E-state index contributed by atoms with van der Waals surface area (Å²) in [7, 11) is 0. The van der Waals surface area contributed by atoms with Crippen molar-refractivity contribution in [3.63, 3.8) is 0 Å². The Kier molecular flexibility index (Phi) is 1.48. The minimum Gasteiger partial charge on any atom is -0.507 e. The Labute approximate surface area is 70.2 Å². The van der Waals surface area contributed by atoms with Crippen LogP contribution in [0.15, 0.2) is 36.4 Å². The lowest BCUT2D eigenvalue weighted by molar-refractivity contribution is -0.254. The molecule has 2 aromatic rings. The van der Waals surface area contributed by atoms with Gasteiger partial charge in [-0.25, -0.2) is 0 Å². The molecule has 0 saturated carbocycles. The van der Waals surface area contributed by atoms with Gasteiger partial charge in [0.25, 0.3) is 0 Å². The van der Waals surface area contributed by atoms with Gasteiger partial charge in [-0.1, -0.05) is 24.3 Å². The quantitative estimate of drug-likeness (QED) is 0.601. The van der Waals surface area contributed by atoms with Gasteiger partial charge >= 0.3 is 0 Å². The number of rotatable bonds is 0. The van der Waals surface area contributed by atoms with E-state index in [-0.39, 0.29) is 0 Å². The summed E-state index contributed by atoms with van der Waals surface area (Å²) in [5.41, 5.74) is 4.61. The molecule has 0 aliphatic heterocycles. The van der Waals surface area contributed by atoms with Crippen LogP contribution < -0.4 is 5.73 Å². The minimum absolute atomic E-state index is 0.304. The molecule has 12 heavy (non-hydrogen) atoms. The van der Waals surface area contributed by atoms with Gasteiger partial charge in [-0.05, 0) is 5.39 Å². The number of phenols is 1. The summed E-state index contributed by atoms with van der Waals surface area (Å²) in [6.07, 6.45) is 0. The van der Waals surface area contributed by atoms with Crippen LogP contribution in [0.1, 0.15) is 0 Å². The average Bonchev–Trinajstić information content (AvgIpc) is 2.04. The summed E-state index contributed by atoms with van der Waals surface area (Å²) in [5, 5.41) is 11.4. The molecule has 60 valence electrons. The third-order valence-electron chi connectivity index (χ3n) is 1.90. The van der Waals surface area contributed by atoms with E-state index in [0.29, 0.717) is 5.75 Å². The van der Waals surface area contributed by atoms with Gasteiger partial charge in [0.15, 0.2) is 0 Å². The summed E-state index contributed by atoms with van der Waals surface area (Å²) in [5.74, 6) is 0.304. The molecule has 2 aromatic carbocycles. The Balaban J connectivity index is 2.89. The van der Waals surface area contributed by atoms with Gasteiger partial charge in [-0.2, -0.15) is 0 Å². The monoisotopic (exact) mass is 160 g/mol. The molecule has 4 N–H and O–H groups in total. The van der Waals surface area contributed by atoms with Crippen molar-refractivity contribution in [2.24, 2.45) is 0 Å². The maximum Gasteiger partial charge on any atom is 0.132 e. The van der Waals surface area contributed by atoms with Crippen molar-refractivity contribution in [2.45, 2.75) is 0 Å². The highest BCUT2D eigenvalue weighted by molar-refractivity contribution is 5.89. The smallest absolute Gasteiger partial charge is 0.132 e. The molecule has 0 aromatic heterocycles. The summed E-state index contributed by atoms with van der Waals surface area (Å²) >= 11 is 0. The van der Waals surface area contributed by atoms with Crippen molar-refractivity contribution in [3.8, 4) is 5.75 Å². The molecule has 0 unspecified atom stereocenters. The molecule has 2 heteroatoms. The maximum absolute atomic E-state index is 9.51. The zero-order valence-electron chi connectivity index (χ0n) is 6.62. The second-order valence-electron chi connectivity index (χ2n) is 2.84. The van der Waals surface area contributed by atoms with E-state index >= 15 is 0 Å². The van der Waals surface area contributed by atoms with E-state index in [1.54, 1.807) is 6.07 Å². The van der Waals surface area contributed by atoms with E-state index < -0.39 is 0 Å². The number of hydrogen-bond acceptors (Lipinski definition) is 1. The van der Waals surface area contributed by atoms with E-state index in [4.69, 9.17) is 0 Å². The Morgan fingerprint density at radius 3 is 2.67 bits per heavy atom. The molecule has 0 amide bonds. The SMILES string of the molecule is [NH3+]c1cc(O)c2ccccc2c1. The number of phenolic OH excluding ortho intramolecular Hbond substituents is 1. The maximum atomic E-state index is 9.51. The number of hydrogen-bond donors (Lipinski definition) is 2. The van der Waals surface area contributed by atoms with Crippen molar-refractivity contribution < 1.29 is 10.8 Å². The third-order valence-corrected chi connectivity index (χ3v) is 1.90. The molecule has 0 fully saturated rings. The Morgan fingerprint density at radius 1 is 1.08 bits per heavy atom. The normalized spacial score (nSPS) is 10.4. The Morgan fingerprint density at radius 2 is 1.83 bits per heavy atom. The van der Waals surface area contributed by atoms with E-state index in [9.17, 15) is 5.11 Å². The summed E-state index contributed by atoms with van der Waals surface area (Å²) < 4.78 is 0. The average molecular weight is 160 g/mol. The molecule has 2 nitrogen and oxygen atoms in total. The van der Waals surface area contributed by atoms with E-state index in [0.717, 1.165) is 16.5 Å². The van der Waals surface area contributed by atoms with Crippen molar-refractivity contribution in [1.82, 2.24) is 0 Å². The second-order valence-corrected chi connectivity index (χ2v) is 2.84. The van der Waals surface area contributed by atoms with Crippen LogP contribution in [-0.2, 0) is 0 Å². The fourth-order valence-corrected chi connectivity index (χ4v) is 1.35. The fourth-order valence-electron chi connectivity index (χ4n) is 1.35. The molecule has 0 spiro atoms. The van der Waals surface area contributed by atoms with Crippen LogP contribution in [0.2, 0.25) is 0 Å². The van der Waals surface area contributed by atoms with Crippen LogP contribution >= 0.6 is 0 Å². The predicted molar refractivity (Wildman–Crippen MR) is 48.2 cm³/mol. The van der Waals surface area contributed by atoms with Crippen LogP contribution in [0.4, 0.5) is 5.69 Å². The van der Waals surface area contributed by atoms with Gasteiger partial charge in [-0.15, -0.1) is 0 Å². The van der Waals surface area contributed by atoms with Crippen LogP contribution in [-0.4, -0.2) is 5.11 Å². The van der Waals surface area contributed by atoms with Crippen molar-refractivity contribution in [1.29, 1.82) is 0 Å². The summed E-state index contributed by atoms with van der Waals surface area (Å²) in [6.45, 7) is 0. The van der Waals surface area contributed by atoms with Crippen molar-refractivity contribution in [2.75, 3.05) is 0 Å². The highest BCUT2D eigenvalue weighted by atomic mass is 16.3. The van der Waals surface area contributed by atoms with Crippen LogP contribution in [0.3, 0.4) is 0 Å². The van der Waals surface area contributed by atoms with Crippen molar-refractivity contribution in [3.05, 3.63) is 36.4 Å². The second kappa shape index (κ2) is 2.50. The lowest BCUT2D eigenvalue weighted by atomic mass is 10.1. The van der Waals surface area contributed by atoms with Gasteiger partial charge in [0.05, 0.1) is 0 Å². The number of aromatic hydroxyl groups is 1. The molecular formula is C10H10NO+. The van der Waals surface area contributed by atoms with Gasteiger partial charge in [0.1, 0.15) is 11.4 Å². The largest absolute Gasteiger partial charge is 0.507 e. The first-order valence-electron chi connectivity index (χ1n) is 3.81. The lowest BCUT2D eigenvalue weighted by Crippen LogP contribution is -2.39. The molecule has 0 saturated heterocycles. The minimum atomic E-state index is 0.304. The first kappa shape index (κ1) is 7.13. The zero-order chi connectivity index (χ0) is 8.55. The van der Waals surface area contributed by atoms with Crippen molar-refractivity contribution >= 4 is 16.5 Å². The lowest BCUT2D eigenvalue weighted by Gasteiger charge is -1.99. The zero-order valence-corrected chi connectivity index (χ0v) is 6.62. The van der Waals surface area contributed by atoms with E-state index in [1.807, 2.05) is 30.3 Å². The standard InChI is InChI=1S/C10H9NO/c11-8-5-7-3-1-2-4-9(7)10(12)6-8/h1-6,12H,11H2/p+1. The van der Waals surface area contributed by atoms with E-state index in [1.165, 1.54) is 0 Å². The molecule has 0 aliphatic rings. The van der Waals surface area contributed by atoms with Gasteiger partial charge in [0.2, 0.25) is 0 Å². The fraction of sp³-hybridized carbons (Fsp3) is 0. The molecule has 0 atom stereocenters. The molecule has 0 bridgehead atoms. The first-order chi connectivity index (χ1) is 5.77. The molecule has 0 aliphatic carbocycles. The van der Waals surface area contributed by atoms with Crippen LogP contribution in [0, 0.1) is 0 Å². The molecule has 2 rings (SSSR count).